The second kappa shape index (κ2) is 7.21. The van der Waals surface area contributed by atoms with Gasteiger partial charge in [-0.15, -0.1) is 0 Å². The fraction of sp³-hybridized carbons (Fsp3) is 0.643. The molecule has 2 fully saturated rings. The highest BCUT2D eigenvalue weighted by atomic mass is 32.1. The summed E-state index contributed by atoms with van der Waals surface area (Å²) in [5, 5.41) is 13.5. The number of carbonyl (C=O) groups excluding carboxylic acids is 1. The van der Waals surface area contributed by atoms with Crippen LogP contribution in [0, 0.1) is 4.77 Å². The molecule has 13 heteroatoms. The summed E-state index contributed by atoms with van der Waals surface area (Å²) in [5.41, 5.74) is -2.05. The highest BCUT2D eigenvalue weighted by molar-refractivity contribution is 7.71. The highest BCUT2D eigenvalue weighted by Gasteiger charge is 2.59. The third-order valence-corrected chi connectivity index (χ3v) is 6.40. The summed E-state index contributed by atoms with van der Waals surface area (Å²) in [6, 6.07) is 0.285. The minimum Gasteiger partial charge on any atom is -0.468 e. The van der Waals surface area contributed by atoms with Crippen LogP contribution in [0.3, 0.4) is 0 Å². The minimum atomic E-state index is -3.91. The lowest BCUT2D eigenvalue weighted by Gasteiger charge is -2.36. The van der Waals surface area contributed by atoms with E-state index in [4.69, 9.17) is 26.0 Å². The predicted molar refractivity (Wildman–Crippen MR) is 93.5 cm³/mol. The molecular weight excluding hydrogens is 401 g/mol. The molecule has 0 amide bonds. The van der Waals surface area contributed by atoms with Crippen molar-refractivity contribution in [3.05, 3.63) is 27.4 Å². The number of carbonyl (C=O) groups is 1. The van der Waals surface area contributed by atoms with Crippen LogP contribution in [-0.2, 0) is 27.9 Å². The van der Waals surface area contributed by atoms with Gasteiger partial charge in [-0.05, 0) is 26.1 Å². The SMILES string of the molecule is COC(=O)[C@H](C)NP1(=O)OC[C@H]2O[C@@H](n3ccc(=O)[nH]c3=S)C(C)(O)C2O1. The average Bonchev–Trinajstić information content (AvgIpc) is 2.84. The van der Waals surface area contributed by atoms with E-state index in [2.05, 4.69) is 14.8 Å². The fourth-order valence-corrected chi connectivity index (χ4v) is 5.06. The molecule has 27 heavy (non-hydrogen) atoms. The van der Waals surface area contributed by atoms with Crippen LogP contribution in [0.5, 0.6) is 0 Å². The number of methoxy groups -OCH3 is 1. The van der Waals surface area contributed by atoms with E-state index >= 15 is 0 Å². The number of H-pyrrole nitrogens is 1. The van der Waals surface area contributed by atoms with Gasteiger partial charge in [-0.2, -0.15) is 0 Å². The number of hydrogen-bond acceptors (Lipinski definition) is 9. The van der Waals surface area contributed by atoms with Gasteiger partial charge in [0.25, 0.3) is 5.56 Å². The van der Waals surface area contributed by atoms with Crippen molar-refractivity contribution in [3.8, 4) is 0 Å². The van der Waals surface area contributed by atoms with Gasteiger partial charge >= 0.3 is 13.7 Å². The Labute approximate surface area is 159 Å². The Kier molecular flexibility index (Phi) is 5.43. The number of rotatable bonds is 4. The third kappa shape index (κ3) is 3.79. The molecule has 0 bridgehead atoms. The Morgan fingerprint density at radius 2 is 2.33 bits per heavy atom. The molecule has 0 saturated carbocycles. The molecule has 3 heterocycles. The summed E-state index contributed by atoms with van der Waals surface area (Å²) in [6.07, 6.45) is -1.40. The van der Waals surface area contributed by atoms with Crippen LogP contribution in [0.4, 0.5) is 0 Å². The van der Waals surface area contributed by atoms with E-state index in [1.807, 2.05) is 0 Å². The van der Waals surface area contributed by atoms with Gasteiger partial charge in [-0.3, -0.25) is 28.2 Å². The van der Waals surface area contributed by atoms with Gasteiger partial charge in [-0.1, -0.05) is 0 Å². The maximum atomic E-state index is 12.8. The van der Waals surface area contributed by atoms with E-state index < -0.39 is 49.4 Å². The largest absolute Gasteiger partial charge is 0.468 e. The monoisotopic (exact) mass is 421 g/mol. The van der Waals surface area contributed by atoms with Gasteiger partial charge in [0, 0.05) is 12.3 Å². The molecule has 150 valence electrons. The third-order valence-electron chi connectivity index (χ3n) is 4.39. The topological polar surface area (TPSA) is 141 Å². The lowest BCUT2D eigenvalue weighted by molar-refractivity contribution is -0.142. The van der Waals surface area contributed by atoms with E-state index in [1.165, 1.54) is 37.8 Å². The van der Waals surface area contributed by atoms with E-state index in [1.54, 1.807) is 0 Å². The molecule has 0 aliphatic carbocycles. The molecule has 6 atom stereocenters. The van der Waals surface area contributed by atoms with E-state index in [0.717, 1.165) is 0 Å². The zero-order chi connectivity index (χ0) is 20.0. The van der Waals surface area contributed by atoms with Crippen LogP contribution < -0.4 is 10.6 Å². The van der Waals surface area contributed by atoms with Crippen LogP contribution in [0.1, 0.15) is 20.1 Å². The molecule has 1 aromatic rings. The normalized spacial score (nSPS) is 36.8. The number of nitrogens with one attached hydrogen (secondary N) is 2. The van der Waals surface area contributed by atoms with Gasteiger partial charge in [0.15, 0.2) is 11.0 Å². The molecule has 0 radical (unpaired) electrons. The molecule has 0 aromatic carbocycles. The van der Waals surface area contributed by atoms with Gasteiger partial charge in [0.2, 0.25) is 0 Å². The van der Waals surface area contributed by atoms with Crippen molar-refractivity contribution < 1.29 is 33.0 Å². The van der Waals surface area contributed by atoms with Crippen LogP contribution in [0.25, 0.3) is 0 Å². The number of nitrogens with zero attached hydrogens (tertiary/aromatic N) is 1. The Morgan fingerprint density at radius 3 is 2.96 bits per heavy atom. The summed E-state index contributed by atoms with van der Waals surface area (Å²) in [7, 11) is -2.71. The lowest BCUT2D eigenvalue weighted by Crippen LogP contribution is -2.49. The molecular formula is C14H20N3O8PS. The number of aromatic nitrogens is 2. The van der Waals surface area contributed by atoms with Crippen molar-refractivity contribution in [2.45, 2.75) is 43.9 Å². The molecule has 0 spiro atoms. The van der Waals surface area contributed by atoms with E-state index in [-0.39, 0.29) is 11.4 Å². The quantitative estimate of drug-likeness (QED) is 0.351. The molecule has 3 N–H and O–H groups in total. The average molecular weight is 421 g/mol. The number of hydrogen-bond donors (Lipinski definition) is 3. The number of ether oxygens (including phenoxy) is 2. The summed E-state index contributed by atoms with van der Waals surface area (Å²) >= 11 is 5.11. The molecule has 3 unspecified atom stereocenters. The minimum absolute atomic E-state index is 0.0490. The second-order valence-electron chi connectivity index (χ2n) is 6.46. The summed E-state index contributed by atoms with van der Waals surface area (Å²) in [6.45, 7) is 2.73. The Balaban J connectivity index is 1.84. The first-order valence-electron chi connectivity index (χ1n) is 8.05. The van der Waals surface area contributed by atoms with Crippen LogP contribution >= 0.6 is 20.0 Å². The Morgan fingerprint density at radius 1 is 1.63 bits per heavy atom. The number of fused-ring (bicyclic) bond motifs is 1. The predicted octanol–water partition coefficient (Wildman–Crippen LogP) is 0.229. The smallest absolute Gasteiger partial charge is 0.406 e. The van der Waals surface area contributed by atoms with Gasteiger partial charge in [-0.25, -0.2) is 9.65 Å². The maximum absolute atomic E-state index is 12.8. The van der Waals surface area contributed by atoms with Crippen LogP contribution in [0.15, 0.2) is 17.1 Å². The van der Waals surface area contributed by atoms with Crippen molar-refractivity contribution in [1.82, 2.24) is 14.6 Å². The number of aromatic amines is 1. The zero-order valence-corrected chi connectivity index (χ0v) is 16.5. The first-order chi connectivity index (χ1) is 12.6. The van der Waals surface area contributed by atoms with E-state index in [9.17, 15) is 19.3 Å². The Hall–Kier alpha value is -1.40. The van der Waals surface area contributed by atoms with Gasteiger partial charge in [0.05, 0.1) is 13.7 Å². The maximum Gasteiger partial charge on any atom is 0.406 e. The van der Waals surface area contributed by atoms with Crippen molar-refractivity contribution in [2.24, 2.45) is 0 Å². The van der Waals surface area contributed by atoms with Crippen LogP contribution in [-0.4, -0.2) is 58.2 Å². The van der Waals surface area contributed by atoms with Crippen molar-refractivity contribution in [2.75, 3.05) is 13.7 Å². The van der Waals surface area contributed by atoms with E-state index in [0.29, 0.717) is 0 Å². The Bertz CT molecular complexity index is 899. The standard InChI is InChI=1S/C14H20N3O8PS/c1-7(11(19)22-3)16-26(21)23-6-8-10(25-26)14(2,20)12(24-8)17-5-4-9(18)15-13(17)27/h4-5,7-8,10,12,20H,6H2,1-3H3,(H,16,21)(H,15,18,27)/t7-,8+,10?,12+,14?,26?/m0/s1. The first kappa shape index (κ1) is 20.3. The summed E-state index contributed by atoms with van der Waals surface area (Å²) in [4.78, 5) is 25.4. The van der Waals surface area contributed by atoms with Gasteiger partial charge < -0.3 is 14.6 Å². The van der Waals surface area contributed by atoms with Crippen molar-refractivity contribution in [3.63, 3.8) is 0 Å². The molecule has 11 nitrogen and oxygen atoms in total. The molecule has 1 aromatic heterocycles. The highest BCUT2D eigenvalue weighted by Crippen LogP contribution is 2.55. The second-order valence-corrected chi connectivity index (χ2v) is 8.57. The van der Waals surface area contributed by atoms with Crippen molar-refractivity contribution in [1.29, 1.82) is 0 Å². The lowest BCUT2D eigenvalue weighted by atomic mass is 9.96. The number of esters is 1. The van der Waals surface area contributed by atoms with Gasteiger partial charge in [0.1, 0.15) is 23.9 Å². The number of aliphatic hydroxyl groups is 1. The fourth-order valence-electron chi connectivity index (χ4n) is 3.04. The first-order valence-corrected chi connectivity index (χ1v) is 10.0. The van der Waals surface area contributed by atoms with Crippen LogP contribution in [0.2, 0.25) is 0 Å². The van der Waals surface area contributed by atoms with Crippen molar-refractivity contribution >= 4 is 25.9 Å². The zero-order valence-electron chi connectivity index (χ0n) is 14.8. The molecule has 2 aliphatic rings. The summed E-state index contributed by atoms with van der Waals surface area (Å²) in [5.74, 6) is -0.647. The summed E-state index contributed by atoms with van der Waals surface area (Å²) < 4.78 is 35.4. The molecule has 2 aliphatic heterocycles. The molecule has 3 rings (SSSR count). The molecule has 2 saturated heterocycles.